The Morgan fingerprint density at radius 1 is 1.32 bits per heavy atom. The molecule has 1 heterocycles. The minimum absolute atomic E-state index is 0.159. The fourth-order valence-electron chi connectivity index (χ4n) is 2.99. The Hall–Kier alpha value is -2.62. The lowest BCUT2D eigenvalue weighted by Crippen LogP contribution is -2.52. The smallest absolute Gasteiger partial charge is 0.355 e. The number of nitrogens with zero attached hydrogens (tertiary/aromatic N) is 2. The van der Waals surface area contributed by atoms with E-state index in [9.17, 15) is 19.6 Å². The number of rotatable bonds is 5. The molecular formula is C18H23N3O4. The highest BCUT2D eigenvalue weighted by Crippen LogP contribution is 2.27. The Balaban J connectivity index is 2.02. The minimum Gasteiger partial charge on any atom is -0.448 e. The Morgan fingerprint density at radius 3 is 2.48 bits per heavy atom. The molecule has 0 aliphatic heterocycles. The molecule has 0 aromatic carbocycles. The maximum atomic E-state index is 12.3. The fraction of sp³-hybridized carbons (Fsp3) is 0.556. The van der Waals surface area contributed by atoms with E-state index in [2.05, 4.69) is 11.4 Å². The highest BCUT2D eigenvalue weighted by atomic mass is 16.5. The summed E-state index contributed by atoms with van der Waals surface area (Å²) in [5, 5.41) is 12.2. The standard InChI is InChI=1S/C18H23N3O4/c1-12(22)14-9-15(21(3)10-14)17(24)25-13(2)16(23)20-18(11-19)7-5-4-6-8-18/h9-10,13H,4-8H2,1-3H3,(H,20,23)/t13-/m0/s1. The highest BCUT2D eigenvalue weighted by molar-refractivity contribution is 5.98. The van der Waals surface area contributed by atoms with Gasteiger partial charge in [0.25, 0.3) is 5.91 Å². The van der Waals surface area contributed by atoms with Crippen molar-refractivity contribution in [3.8, 4) is 6.07 Å². The molecule has 0 spiro atoms. The first-order chi connectivity index (χ1) is 11.8. The molecule has 0 radical (unpaired) electrons. The van der Waals surface area contributed by atoms with Crippen molar-refractivity contribution in [2.24, 2.45) is 7.05 Å². The van der Waals surface area contributed by atoms with Crippen LogP contribution >= 0.6 is 0 Å². The third kappa shape index (κ3) is 4.27. The maximum Gasteiger partial charge on any atom is 0.355 e. The second kappa shape index (κ2) is 7.51. The van der Waals surface area contributed by atoms with Crippen LogP contribution in [0.25, 0.3) is 0 Å². The van der Waals surface area contributed by atoms with Crippen LogP contribution in [-0.4, -0.2) is 33.9 Å². The van der Waals surface area contributed by atoms with E-state index in [4.69, 9.17) is 4.74 Å². The van der Waals surface area contributed by atoms with Crippen LogP contribution in [0.2, 0.25) is 0 Å². The number of carbonyl (C=O) groups is 3. The van der Waals surface area contributed by atoms with Gasteiger partial charge in [-0.15, -0.1) is 0 Å². The fourth-order valence-corrected chi connectivity index (χ4v) is 2.99. The van der Waals surface area contributed by atoms with E-state index in [0.29, 0.717) is 18.4 Å². The number of carbonyl (C=O) groups excluding carboxylic acids is 3. The van der Waals surface area contributed by atoms with E-state index in [1.165, 1.54) is 30.7 Å². The highest BCUT2D eigenvalue weighted by Gasteiger charge is 2.35. The van der Waals surface area contributed by atoms with Crippen molar-refractivity contribution in [3.05, 3.63) is 23.5 Å². The van der Waals surface area contributed by atoms with Crippen LogP contribution in [0.4, 0.5) is 0 Å². The Bertz CT molecular complexity index is 723. The number of aryl methyl sites for hydroxylation is 1. The van der Waals surface area contributed by atoms with Gasteiger partial charge in [-0.1, -0.05) is 19.3 Å². The molecule has 1 saturated carbocycles. The van der Waals surface area contributed by atoms with Gasteiger partial charge in [0.1, 0.15) is 11.2 Å². The van der Waals surface area contributed by atoms with Gasteiger partial charge in [-0.3, -0.25) is 9.59 Å². The summed E-state index contributed by atoms with van der Waals surface area (Å²) >= 11 is 0. The van der Waals surface area contributed by atoms with E-state index >= 15 is 0 Å². The number of aromatic nitrogens is 1. The Kier molecular flexibility index (Phi) is 5.62. The van der Waals surface area contributed by atoms with Crippen molar-refractivity contribution in [2.45, 2.75) is 57.6 Å². The van der Waals surface area contributed by atoms with E-state index in [1.54, 1.807) is 7.05 Å². The number of nitrogens with one attached hydrogen (secondary N) is 1. The quantitative estimate of drug-likeness (QED) is 0.650. The summed E-state index contributed by atoms with van der Waals surface area (Å²) in [7, 11) is 1.63. The van der Waals surface area contributed by atoms with Crippen molar-refractivity contribution in [2.75, 3.05) is 0 Å². The topological polar surface area (TPSA) is 101 Å². The number of hydrogen-bond acceptors (Lipinski definition) is 5. The van der Waals surface area contributed by atoms with Crippen LogP contribution in [0.5, 0.6) is 0 Å². The molecule has 1 fully saturated rings. The summed E-state index contributed by atoms with van der Waals surface area (Å²) < 4.78 is 6.70. The van der Waals surface area contributed by atoms with Crippen LogP contribution in [0, 0.1) is 11.3 Å². The molecule has 1 aromatic heterocycles. The molecule has 25 heavy (non-hydrogen) atoms. The molecular weight excluding hydrogens is 322 g/mol. The van der Waals surface area contributed by atoms with Gasteiger partial charge in [0.15, 0.2) is 11.9 Å². The second-order valence-electron chi connectivity index (χ2n) is 6.57. The van der Waals surface area contributed by atoms with Crippen LogP contribution in [0.1, 0.15) is 66.8 Å². The van der Waals surface area contributed by atoms with Crippen molar-refractivity contribution >= 4 is 17.7 Å². The molecule has 7 heteroatoms. The number of esters is 1. The first-order valence-corrected chi connectivity index (χ1v) is 8.39. The van der Waals surface area contributed by atoms with Crippen LogP contribution in [0.3, 0.4) is 0 Å². The van der Waals surface area contributed by atoms with E-state index in [-0.39, 0.29) is 11.5 Å². The lowest BCUT2D eigenvalue weighted by atomic mass is 9.83. The second-order valence-corrected chi connectivity index (χ2v) is 6.57. The predicted molar refractivity (Wildman–Crippen MR) is 89.9 cm³/mol. The molecule has 0 saturated heterocycles. The first-order valence-electron chi connectivity index (χ1n) is 8.39. The molecule has 1 atom stereocenters. The van der Waals surface area contributed by atoms with Crippen molar-refractivity contribution in [3.63, 3.8) is 0 Å². The molecule has 134 valence electrons. The number of nitriles is 1. The lowest BCUT2D eigenvalue weighted by Gasteiger charge is -2.32. The zero-order valence-corrected chi connectivity index (χ0v) is 14.8. The van der Waals surface area contributed by atoms with Crippen LogP contribution in [0.15, 0.2) is 12.3 Å². The van der Waals surface area contributed by atoms with Gasteiger partial charge >= 0.3 is 5.97 Å². The summed E-state index contributed by atoms with van der Waals surface area (Å²) in [5.41, 5.74) is -0.280. The molecule has 2 rings (SSSR count). The SMILES string of the molecule is CC(=O)c1cc(C(=O)O[C@@H](C)C(=O)NC2(C#N)CCCCC2)n(C)c1. The third-order valence-electron chi connectivity index (χ3n) is 4.56. The number of ether oxygens (including phenoxy) is 1. The molecule has 1 amide bonds. The van der Waals surface area contributed by atoms with Crippen molar-refractivity contribution in [1.82, 2.24) is 9.88 Å². The van der Waals surface area contributed by atoms with E-state index in [1.807, 2.05) is 0 Å². The average Bonchev–Trinajstić information content (AvgIpc) is 2.98. The summed E-state index contributed by atoms with van der Waals surface area (Å²) in [5.74, 6) is -1.33. The molecule has 7 nitrogen and oxygen atoms in total. The molecule has 0 bridgehead atoms. The minimum atomic E-state index is -1.03. The van der Waals surface area contributed by atoms with Crippen molar-refractivity contribution < 1.29 is 19.1 Å². The number of amides is 1. The average molecular weight is 345 g/mol. The Labute approximate surface area is 146 Å². The molecule has 1 N–H and O–H groups in total. The van der Waals surface area contributed by atoms with E-state index < -0.39 is 23.5 Å². The monoisotopic (exact) mass is 345 g/mol. The van der Waals surface area contributed by atoms with Gasteiger partial charge in [-0.25, -0.2) is 4.79 Å². The zero-order chi connectivity index (χ0) is 18.6. The van der Waals surface area contributed by atoms with Gasteiger partial charge < -0.3 is 14.6 Å². The van der Waals surface area contributed by atoms with Gasteiger partial charge in [0.05, 0.1) is 6.07 Å². The normalized spacial score (nSPS) is 17.2. The van der Waals surface area contributed by atoms with Crippen molar-refractivity contribution in [1.29, 1.82) is 5.26 Å². The van der Waals surface area contributed by atoms with E-state index in [0.717, 1.165) is 19.3 Å². The summed E-state index contributed by atoms with van der Waals surface area (Å²) in [6.45, 7) is 2.88. The lowest BCUT2D eigenvalue weighted by molar-refractivity contribution is -0.130. The molecule has 1 aliphatic carbocycles. The number of hydrogen-bond donors (Lipinski definition) is 1. The van der Waals surface area contributed by atoms with Gasteiger partial charge in [0.2, 0.25) is 0 Å². The van der Waals surface area contributed by atoms with Crippen LogP contribution < -0.4 is 5.32 Å². The Morgan fingerprint density at radius 2 is 1.96 bits per heavy atom. The maximum absolute atomic E-state index is 12.3. The third-order valence-corrected chi connectivity index (χ3v) is 4.56. The first kappa shape index (κ1) is 18.7. The van der Waals surface area contributed by atoms with Crippen LogP contribution in [-0.2, 0) is 16.6 Å². The zero-order valence-electron chi connectivity index (χ0n) is 14.8. The van der Waals surface area contributed by atoms with Gasteiger partial charge in [0, 0.05) is 18.8 Å². The summed E-state index contributed by atoms with van der Waals surface area (Å²) in [6.07, 6.45) is 4.55. The van der Waals surface area contributed by atoms with Gasteiger partial charge in [-0.05, 0) is 32.8 Å². The molecule has 1 aromatic rings. The number of Topliss-reactive ketones (excluding diaryl/α,β-unsaturated/α-hetero) is 1. The number of ketones is 1. The summed E-state index contributed by atoms with van der Waals surface area (Å²) in [6, 6.07) is 3.64. The van der Waals surface area contributed by atoms with Gasteiger partial charge in [-0.2, -0.15) is 5.26 Å². The molecule has 0 unspecified atom stereocenters. The largest absolute Gasteiger partial charge is 0.448 e. The molecule has 1 aliphatic rings. The predicted octanol–water partition coefficient (Wildman–Crippen LogP) is 2.12. The summed E-state index contributed by atoms with van der Waals surface area (Å²) in [4.78, 5) is 36.0.